The molecule has 1 aromatic carbocycles. The van der Waals surface area contributed by atoms with Crippen LogP contribution < -0.4 is 0 Å². The Hall–Kier alpha value is -2.19. The number of aliphatic imine (C=N–C) groups is 2. The quantitative estimate of drug-likeness (QED) is 0.472. The summed E-state index contributed by atoms with van der Waals surface area (Å²) in [5.74, 6) is 2.57. The van der Waals surface area contributed by atoms with E-state index in [1.807, 2.05) is 6.07 Å². The van der Waals surface area contributed by atoms with Crippen LogP contribution in [-0.4, -0.2) is 76.5 Å². The second kappa shape index (κ2) is 14.4. The summed E-state index contributed by atoms with van der Waals surface area (Å²) in [7, 11) is -1.02. The van der Waals surface area contributed by atoms with E-state index in [2.05, 4.69) is 42.1 Å². The number of hydrogen-bond donors (Lipinski definition) is 0. The molecule has 1 saturated heterocycles. The molecule has 1 aromatic rings. The third kappa shape index (κ3) is 9.76. The highest BCUT2D eigenvalue weighted by molar-refractivity contribution is 7.83. The Kier molecular flexibility index (Phi) is 11.9. The van der Waals surface area contributed by atoms with Crippen LogP contribution in [0, 0.1) is 11.7 Å². The number of allylic oxidation sites excluding steroid dienone is 1. The smallest absolute Gasteiger partial charge is 0.152 e. The van der Waals surface area contributed by atoms with Crippen molar-refractivity contribution in [3.63, 3.8) is 0 Å². The van der Waals surface area contributed by atoms with Gasteiger partial charge in [0.15, 0.2) is 5.78 Å². The molecule has 0 saturated carbocycles. The van der Waals surface area contributed by atoms with Crippen LogP contribution >= 0.6 is 0 Å². The Morgan fingerprint density at radius 1 is 1.23 bits per heavy atom. The van der Waals surface area contributed by atoms with Gasteiger partial charge in [-0.15, -0.1) is 0 Å². The van der Waals surface area contributed by atoms with E-state index < -0.39 is 10.8 Å². The zero-order valence-electron chi connectivity index (χ0n) is 21.9. The second-order valence-corrected chi connectivity index (χ2v) is 11.0. The van der Waals surface area contributed by atoms with Crippen LogP contribution in [0.1, 0.15) is 51.7 Å². The number of hydrogen-bond acceptors (Lipinski definition) is 6. The molecule has 0 bridgehead atoms. The van der Waals surface area contributed by atoms with E-state index in [4.69, 9.17) is 4.99 Å². The summed E-state index contributed by atoms with van der Waals surface area (Å²) >= 11 is 0. The fourth-order valence-electron chi connectivity index (χ4n) is 4.12. The lowest BCUT2D eigenvalue weighted by molar-refractivity contribution is -0.112. The average Bonchev–Trinajstić information content (AvgIpc) is 3.32. The Morgan fingerprint density at radius 2 is 1.89 bits per heavy atom. The van der Waals surface area contributed by atoms with Crippen LogP contribution in [0.3, 0.4) is 0 Å². The largest absolute Gasteiger partial charge is 0.356 e. The summed E-state index contributed by atoms with van der Waals surface area (Å²) in [6, 6.07) is 5.90. The predicted molar refractivity (Wildman–Crippen MR) is 145 cm³/mol. The summed E-state index contributed by atoms with van der Waals surface area (Å²) in [6.45, 7) is 16.1. The minimum absolute atomic E-state index is 0.0185. The summed E-state index contributed by atoms with van der Waals surface area (Å²) < 4.78 is 25.5. The maximum absolute atomic E-state index is 14.2. The van der Waals surface area contributed by atoms with Crippen molar-refractivity contribution in [3.05, 3.63) is 47.8 Å². The fourth-order valence-corrected chi connectivity index (χ4v) is 4.80. The lowest BCUT2D eigenvalue weighted by Gasteiger charge is -2.39. The highest BCUT2D eigenvalue weighted by Gasteiger charge is 2.25. The Labute approximate surface area is 212 Å². The topological polar surface area (TPSA) is 65.3 Å². The number of halogens is 1. The van der Waals surface area contributed by atoms with Crippen molar-refractivity contribution >= 4 is 28.3 Å². The Morgan fingerprint density at radius 3 is 2.40 bits per heavy atom. The van der Waals surface area contributed by atoms with Crippen LogP contribution in [0.2, 0.25) is 0 Å². The SMILES string of the molecule is C=CC(C)=O.CC(C)C1=NCC(N2CCN(C(C)CCCc3ccc(CS(C)=O)c(F)c3)CC2)=N1. The molecule has 2 heterocycles. The molecule has 194 valence electrons. The van der Waals surface area contributed by atoms with E-state index in [-0.39, 0.29) is 17.4 Å². The second-order valence-electron chi connectivity index (χ2n) is 9.58. The molecule has 8 heteroatoms. The van der Waals surface area contributed by atoms with Crippen molar-refractivity contribution in [2.75, 3.05) is 39.0 Å². The number of piperazine rings is 1. The normalized spacial score (nSPS) is 17.9. The van der Waals surface area contributed by atoms with Crippen molar-refractivity contribution in [1.82, 2.24) is 9.80 Å². The van der Waals surface area contributed by atoms with Gasteiger partial charge in [-0.1, -0.05) is 32.6 Å². The first-order valence-corrected chi connectivity index (χ1v) is 14.1. The molecule has 0 aliphatic carbocycles. The monoisotopic (exact) mass is 504 g/mol. The van der Waals surface area contributed by atoms with E-state index in [0.717, 1.165) is 69.2 Å². The lowest BCUT2D eigenvalue weighted by atomic mass is 10.0. The van der Waals surface area contributed by atoms with Crippen molar-refractivity contribution in [3.8, 4) is 0 Å². The van der Waals surface area contributed by atoms with Gasteiger partial charge in [0.1, 0.15) is 17.5 Å². The molecular weight excluding hydrogens is 463 g/mol. The lowest BCUT2D eigenvalue weighted by Crippen LogP contribution is -2.51. The molecule has 0 radical (unpaired) electrons. The Balaban J connectivity index is 0.000000784. The van der Waals surface area contributed by atoms with Gasteiger partial charge in [0, 0.05) is 60.8 Å². The van der Waals surface area contributed by atoms with Crippen molar-refractivity contribution in [2.24, 2.45) is 15.9 Å². The minimum atomic E-state index is -1.02. The number of benzene rings is 1. The summed E-state index contributed by atoms with van der Waals surface area (Å²) in [5, 5.41) is 0. The molecule has 35 heavy (non-hydrogen) atoms. The Bertz CT molecular complexity index is 952. The van der Waals surface area contributed by atoms with Crippen LogP contribution in [0.25, 0.3) is 0 Å². The van der Waals surface area contributed by atoms with Gasteiger partial charge >= 0.3 is 0 Å². The van der Waals surface area contributed by atoms with Crippen molar-refractivity contribution in [2.45, 2.75) is 58.8 Å². The summed E-state index contributed by atoms with van der Waals surface area (Å²) in [6.07, 6.45) is 5.90. The fraction of sp³-hybridized carbons (Fsp3) is 0.593. The third-order valence-corrected chi connectivity index (χ3v) is 7.01. The standard InChI is InChI=1S/C23H35FN4OS.C4H6O/c1-17(2)23-25-15-22(26-23)28-12-10-27(11-13-28)18(3)6-5-7-19-8-9-20(16-30(4)29)21(24)14-19;1-3-4(2)5/h8-9,14,17-18H,5-7,10-13,15-16H2,1-4H3;3H,1H2,2H3. The summed E-state index contributed by atoms with van der Waals surface area (Å²) in [5.41, 5.74) is 1.57. The van der Waals surface area contributed by atoms with Gasteiger partial charge in [0.25, 0.3) is 0 Å². The molecular formula is C27H41FN4O2S. The zero-order chi connectivity index (χ0) is 26.0. The molecule has 0 amide bonds. The number of rotatable bonds is 9. The molecule has 2 unspecified atom stereocenters. The van der Waals surface area contributed by atoms with E-state index in [0.29, 0.717) is 17.5 Å². The number of carbonyl (C=O) groups excluding carboxylic acids is 1. The summed E-state index contributed by atoms with van der Waals surface area (Å²) in [4.78, 5) is 23.9. The van der Waals surface area contributed by atoms with Gasteiger partial charge in [-0.05, 0) is 50.8 Å². The number of aryl methyl sites for hydroxylation is 1. The maximum Gasteiger partial charge on any atom is 0.152 e. The number of nitrogens with zero attached hydrogens (tertiary/aromatic N) is 4. The molecule has 2 aliphatic rings. The van der Waals surface area contributed by atoms with Crippen LogP contribution in [-0.2, 0) is 27.8 Å². The first-order chi connectivity index (χ1) is 16.6. The zero-order valence-corrected chi connectivity index (χ0v) is 22.7. The van der Waals surface area contributed by atoms with Gasteiger partial charge in [-0.2, -0.15) is 0 Å². The van der Waals surface area contributed by atoms with E-state index >= 15 is 0 Å². The van der Waals surface area contributed by atoms with Crippen LogP contribution in [0.5, 0.6) is 0 Å². The van der Waals surface area contributed by atoms with Gasteiger partial charge in [-0.25, -0.2) is 9.38 Å². The van der Waals surface area contributed by atoms with E-state index in [1.165, 1.54) is 13.0 Å². The first-order valence-electron chi connectivity index (χ1n) is 12.4. The molecule has 0 N–H and O–H groups in total. The maximum atomic E-state index is 14.2. The molecule has 6 nitrogen and oxygen atoms in total. The first kappa shape index (κ1) is 29.0. The average molecular weight is 505 g/mol. The van der Waals surface area contributed by atoms with Crippen molar-refractivity contribution in [1.29, 1.82) is 0 Å². The molecule has 2 aliphatic heterocycles. The molecule has 0 aromatic heterocycles. The van der Waals surface area contributed by atoms with Gasteiger partial charge in [-0.3, -0.25) is 18.9 Å². The third-order valence-electron chi connectivity index (χ3n) is 6.30. The molecule has 3 rings (SSSR count). The van der Waals surface area contributed by atoms with E-state index in [9.17, 15) is 13.4 Å². The minimum Gasteiger partial charge on any atom is -0.356 e. The molecule has 2 atom stereocenters. The molecule has 0 spiro atoms. The predicted octanol–water partition coefficient (Wildman–Crippen LogP) is 4.26. The van der Waals surface area contributed by atoms with Crippen LogP contribution in [0.15, 0.2) is 40.8 Å². The number of ketones is 1. The van der Waals surface area contributed by atoms with Crippen LogP contribution in [0.4, 0.5) is 4.39 Å². The van der Waals surface area contributed by atoms with Gasteiger partial charge < -0.3 is 4.90 Å². The highest BCUT2D eigenvalue weighted by Crippen LogP contribution is 2.17. The van der Waals surface area contributed by atoms with Gasteiger partial charge in [0.2, 0.25) is 0 Å². The number of amidine groups is 2. The van der Waals surface area contributed by atoms with Crippen molar-refractivity contribution < 1.29 is 13.4 Å². The number of carbonyl (C=O) groups is 1. The highest BCUT2D eigenvalue weighted by atomic mass is 32.2. The molecule has 1 fully saturated rings. The van der Waals surface area contributed by atoms with E-state index in [1.54, 1.807) is 18.4 Å². The van der Waals surface area contributed by atoms with Gasteiger partial charge in [0.05, 0.1) is 12.3 Å².